The minimum Gasteiger partial charge on any atom is -0.361 e. The Hall–Kier alpha value is -0.660. The second kappa shape index (κ2) is 3.48. The van der Waals surface area contributed by atoms with Gasteiger partial charge in [0.1, 0.15) is 0 Å². The Bertz CT molecular complexity index is 422. The van der Waals surface area contributed by atoms with E-state index in [1.54, 1.807) is 0 Å². The van der Waals surface area contributed by atoms with Gasteiger partial charge >= 0.3 is 0 Å². The fraction of sp³-hybridized carbons (Fsp3) is 0.571. The van der Waals surface area contributed by atoms with Gasteiger partial charge in [0.2, 0.25) is 10.0 Å². The highest BCUT2D eigenvalue weighted by Gasteiger charge is 2.21. The molecular weight excluding hydrogens is 222 g/mol. The van der Waals surface area contributed by atoms with Crippen molar-refractivity contribution >= 4 is 26.5 Å². The minimum atomic E-state index is -3.59. The third-order valence-corrected chi connectivity index (χ3v) is 4.37. The SMILES string of the molecule is NS(=O)(=O)c1cnc(NCC2CC2)s1. The van der Waals surface area contributed by atoms with Crippen LogP contribution < -0.4 is 10.5 Å². The van der Waals surface area contributed by atoms with Crippen molar-refractivity contribution in [1.29, 1.82) is 0 Å². The number of hydrogen-bond acceptors (Lipinski definition) is 5. The summed E-state index contributed by atoms with van der Waals surface area (Å²) >= 11 is 1.07. The number of primary sulfonamides is 1. The fourth-order valence-corrected chi connectivity index (χ4v) is 2.48. The molecule has 0 spiro atoms. The van der Waals surface area contributed by atoms with Gasteiger partial charge in [-0.2, -0.15) is 0 Å². The lowest BCUT2D eigenvalue weighted by molar-refractivity contribution is 0.599. The van der Waals surface area contributed by atoms with Gasteiger partial charge in [0.25, 0.3) is 0 Å². The summed E-state index contributed by atoms with van der Waals surface area (Å²) in [4.78, 5) is 3.93. The number of sulfonamides is 1. The Kier molecular flexibility index (Phi) is 2.46. The first-order chi connectivity index (χ1) is 6.55. The molecule has 0 atom stereocenters. The molecule has 1 aliphatic rings. The molecule has 0 saturated heterocycles. The van der Waals surface area contributed by atoms with E-state index in [1.165, 1.54) is 19.0 Å². The third-order valence-electron chi connectivity index (χ3n) is 2.00. The van der Waals surface area contributed by atoms with Gasteiger partial charge in [-0.15, -0.1) is 0 Å². The van der Waals surface area contributed by atoms with Gasteiger partial charge in [-0.25, -0.2) is 18.5 Å². The molecule has 0 unspecified atom stereocenters. The molecule has 0 radical (unpaired) electrons. The molecule has 2 rings (SSSR count). The van der Waals surface area contributed by atoms with Crippen molar-refractivity contribution < 1.29 is 8.42 Å². The van der Waals surface area contributed by atoms with Crippen molar-refractivity contribution in [1.82, 2.24) is 4.98 Å². The molecule has 1 fully saturated rings. The zero-order valence-corrected chi connectivity index (χ0v) is 9.07. The van der Waals surface area contributed by atoms with Crippen LogP contribution >= 0.6 is 11.3 Å². The van der Waals surface area contributed by atoms with Gasteiger partial charge in [0.15, 0.2) is 9.34 Å². The van der Waals surface area contributed by atoms with E-state index in [0.29, 0.717) is 5.13 Å². The van der Waals surface area contributed by atoms with E-state index in [-0.39, 0.29) is 4.21 Å². The van der Waals surface area contributed by atoms with Crippen LogP contribution in [0.4, 0.5) is 5.13 Å². The topological polar surface area (TPSA) is 85.1 Å². The van der Waals surface area contributed by atoms with Crippen LogP contribution in [0.2, 0.25) is 0 Å². The zero-order valence-electron chi connectivity index (χ0n) is 7.43. The number of nitrogens with zero attached hydrogens (tertiary/aromatic N) is 1. The van der Waals surface area contributed by atoms with Crippen molar-refractivity contribution in [2.24, 2.45) is 11.1 Å². The molecule has 0 aliphatic heterocycles. The first-order valence-electron chi connectivity index (χ1n) is 4.28. The summed E-state index contributed by atoms with van der Waals surface area (Å²) < 4.78 is 21.9. The lowest BCUT2D eigenvalue weighted by atomic mass is 10.4. The largest absolute Gasteiger partial charge is 0.361 e. The Labute approximate surface area is 86.4 Å². The van der Waals surface area contributed by atoms with Crippen molar-refractivity contribution in [3.63, 3.8) is 0 Å². The molecule has 1 aromatic rings. The van der Waals surface area contributed by atoms with E-state index < -0.39 is 10.0 Å². The highest BCUT2D eigenvalue weighted by Crippen LogP contribution is 2.30. The average Bonchev–Trinajstić information content (AvgIpc) is 2.77. The van der Waals surface area contributed by atoms with Gasteiger partial charge in [-0.05, 0) is 18.8 Å². The Morgan fingerprint density at radius 2 is 2.36 bits per heavy atom. The summed E-state index contributed by atoms with van der Waals surface area (Å²) in [5, 5.41) is 8.67. The molecule has 1 heterocycles. The summed E-state index contributed by atoms with van der Waals surface area (Å²) in [5.74, 6) is 0.733. The molecule has 0 aromatic carbocycles. The molecule has 1 aliphatic carbocycles. The van der Waals surface area contributed by atoms with Crippen LogP contribution in [0.25, 0.3) is 0 Å². The van der Waals surface area contributed by atoms with E-state index in [9.17, 15) is 8.42 Å². The van der Waals surface area contributed by atoms with E-state index in [1.807, 2.05) is 0 Å². The first-order valence-corrected chi connectivity index (χ1v) is 6.64. The molecule has 0 bridgehead atoms. The van der Waals surface area contributed by atoms with Crippen LogP contribution in [0.5, 0.6) is 0 Å². The highest BCUT2D eigenvalue weighted by atomic mass is 32.2. The Morgan fingerprint density at radius 1 is 1.64 bits per heavy atom. The number of aromatic nitrogens is 1. The van der Waals surface area contributed by atoms with Gasteiger partial charge in [-0.3, -0.25) is 0 Å². The second-order valence-electron chi connectivity index (χ2n) is 3.35. The van der Waals surface area contributed by atoms with E-state index in [0.717, 1.165) is 23.8 Å². The number of thiazole rings is 1. The van der Waals surface area contributed by atoms with Crippen molar-refractivity contribution in [2.45, 2.75) is 17.1 Å². The fourth-order valence-electron chi connectivity index (χ4n) is 1.03. The lowest BCUT2D eigenvalue weighted by Gasteiger charge is -1.97. The summed E-state index contributed by atoms with van der Waals surface area (Å²) in [7, 11) is -3.59. The highest BCUT2D eigenvalue weighted by molar-refractivity contribution is 7.91. The smallest absolute Gasteiger partial charge is 0.249 e. The minimum absolute atomic E-state index is 0.107. The molecule has 1 aromatic heterocycles. The van der Waals surface area contributed by atoms with Gasteiger partial charge < -0.3 is 5.32 Å². The second-order valence-corrected chi connectivity index (χ2v) is 6.17. The van der Waals surface area contributed by atoms with Crippen LogP contribution in [0.1, 0.15) is 12.8 Å². The maximum Gasteiger partial charge on any atom is 0.249 e. The number of nitrogens with one attached hydrogen (secondary N) is 1. The molecule has 0 amide bonds. The molecule has 3 N–H and O–H groups in total. The van der Waals surface area contributed by atoms with Crippen LogP contribution in [-0.2, 0) is 10.0 Å². The Morgan fingerprint density at radius 3 is 2.86 bits per heavy atom. The van der Waals surface area contributed by atoms with Gasteiger partial charge in [0, 0.05) is 6.54 Å². The molecule has 1 saturated carbocycles. The van der Waals surface area contributed by atoms with Crippen molar-refractivity contribution in [3.8, 4) is 0 Å². The monoisotopic (exact) mass is 233 g/mol. The number of rotatable bonds is 4. The summed E-state index contributed by atoms with van der Waals surface area (Å²) in [6.07, 6.45) is 3.79. The van der Waals surface area contributed by atoms with E-state index in [4.69, 9.17) is 5.14 Å². The lowest BCUT2D eigenvalue weighted by Crippen LogP contribution is -2.09. The van der Waals surface area contributed by atoms with E-state index in [2.05, 4.69) is 10.3 Å². The maximum atomic E-state index is 10.9. The van der Waals surface area contributed by atoms with Crippen LogP contribution in [-0.4, -0.2) is 19.9 Å². The normalized spacial score (nSPS) is 16.9. The van der Waals surface area contributed by atoms with Crippen molar-refractivity contribution in [3.05, 3.63) is 6.20 Å². The molecule has 14 heavy (non-hydrogen) atoms. The average molecular weight is 233 g/mol. The quantitative estimate of drug-likeness (QED) is 0.798. The predicted molar refractivity (Wildman–Crippen MR) is 54.7 cm³/mol. The Balaban J connectivity index is 2.01. The first kappa shape index (κ1) is 9.88. The number of anilines is 1. The molecule has 78 valence electrons. The predicted octanol–water partition coefficient (Wildman–Crippen LogP) is 0.612. The van der Waals surface area contributed by atoms with Gasteiger partial charge in [0.05, 0.1) is 6.20 Å². The standard InChI is InChI=1S/C7H11N3O2S2/c8-14(11,12)6-4-10-7(13-6)9-3-5-1-2-5/h4-5H,1-3H2,(H,9,10)(H2,8,11,12). The van der Waals surface area contributed by atoms with Crippen molar-refractivity contribution in [2.75, 3.05) is 11.9 Å². The summed E-state index contributed by atoms with van der Waals surface area (Å²) in [5.41, 5.74) is 0. The number of hydrogen-bond donors (Lipinski definition) is 2. The van der Waals surface area contributed by atoms with Gasteiger partial charge in [-0.1, -0.05) is 11.3 Å². The zero-order chi connectivity index (χ0) is 10.2. The number of nitrogens with two attached hydrogens (primary N) is 1. The molecule has 5 nitrogen and oxygen atoms in total. The molecule has 7 heteroatoms. The van der Waals surface area contributed by atoms with Crippen LogP contribution in [0, 0.1) is 5.92 Å². The van der Waals surface area contributed by atoms with Crippen LogP contribution in [0.15, 0.2) is 10.4 Å². The summed E-state index contributed by atoms with van der Waals surface area (Å²) in [6, 6.07) is 0. The summed E-state index contributed by atoms with van der Waals surface area (Å²) in [6.45, 7) is 0.873. The molecular formula is C7H11N3O2S2. The maximum absolute atomic E-state index is 10.9. The van der Waals surface area contributed by atoms with E-state index >= 15 is 0 Å². The third kappa shape index (κ3) is 2.43. The van der Waals surface area contributed by atoms with Crippen LogP contribution in [0.3, 0.4) is 0 Å².